The zero-order valence-electron chi connectivity index (χ0n) is 14.0. The van der Waals surface area contributed by atoms with Crippen LogP contribution in [0.25, 0.3) is 0 Å². The highest BCUT2D eigenvalue weighted by Crippen LogP contribution is 2.25. The summed E-state index contributed by atoms with van der Waals surface area (Å²) in [5, 5.41) is 3.55. The van der Waals surface area contributed by atoms with Gasteiger partial charge in [0.2, 0.25) is 5.91 Å². The van der Waals surface area contributed by atoms with Crippen LogP contribution in [0.1, 0.15) is 60.3 Å². The summed E-state index contributed by atoms with van der Waals surface area (Å²) in [4.78, 5) is 17.2. The third-order valence-electron chi connectivity index (χ3n) is 4.51. The number of hydrogen-bond donors (Lipinski definition) is 1. The van der Waals surface area contributed by atoms with Gasteiger partial charge in [0.05, 0.1) is 11.7 Å². The van der Waals surface area contributed by atoms with E-state index >= 15 is 0 Å². The van der Waals surface area contributed by atoms with Gasteiger partial charge in [-0.2, -0.15) is 0 Å². The van der Waals surface area contributed by atoms with E-state index in [9.17, 15) is 4.79 Å². The monoisotopic (exact) mass is 283 g/mol. The minimum absolute atomic E-state index is 0.220. The van der Waals surface area contributed by atoms with E-state index in [0.29, 0.717) is 0 Å². The summed E-state index contributed by atoms with van der Waals surface area (Å²) >= 11 is 0. The number of carbonyl (C=O) groups is 1. The molecule has 1 aliphatic rings. The molecule has 1 rings (SSSR count). The summed E-state index contributed by atoms with van der Waals surface area (Å²) in [5.74, 6) is 0.283. The first-order valence-electron chi connectivity index (χ1n) is 8.33. The van der Waals surface area contributed by atoms with E-state index in [0.717, 1.165) is 45.4 Å². The molecule has 0 aromatic rings. The Bertz CT molecular complexity index is 308. The number of carbonyl (C=O) groups excluding carboxylic acids is 1. The van der Waals surface area contributed by atoms with Crippen LogP contribution in [0.4, 0.5) is 0 Å². The first-order valence-corrected chi connectivity index (χ1v) is 8.33. The number of amides is 1. The molecule has 20 heavy (non-hydrogen) atoms. The van der Waals surface area contributed by atoms with E-state index in [1.54, 1.807) is 0 Å². The highest BCUT2D eigenvalue weighted by molar-refractivity contribution is 5.88. The molecule has 1 aliphatic heterocycles. The third-order valence-corrected chi connectivity index (χ3v) is 4.51. The van der Waals surface area contributed by atoms with Gasteiger partial charge in [0.1, 0.15) is 0 Å². The molecule has 4 heteroatoms. The van der Waals surface area contributed by atoms with Gasteiger partial charge in [-0.1, -0.05) is 34.1 Å². The average molecular weight is 283 g/mol. The van der Waals surface area contributed by atoms with E-state index in [2.05, 4.69) is 42.8 Å². The molecular weight excluding hydrogens is 250 g/mol. The molecule has 1 fully saturated rings. The molecule has 0 aromatic heterocycles. The highest BCUT2D eigenvalue weighted by atomic mass is 16.2. The van der Waals surface area contributed by atoms with Crippen molar-refractivity contribution in [1.82, 2.24) is 15.1 Å². The number of nitrogens with one attached hydrogen (secondary N) is 1. The molecule has 0 spiro atoms. The fourth-order valence-corrected chi connectivity index (χ4v) is 2.97. The van der Waals surface area contributed by atoms with Crippen molar-refractivity contribution >= 4 is 5.91 Å². The van der Waals surface area contributed by atoms with E-state index in [-0.39, 0.29) is 17.6 Å². The van der Waals surface area contributed by atoms with Gasteiger partial charge in [0.15, 0.2) is 0 Å². The first kappa shape index (κ1) is 17.4. The number of hydrogen-bond acceptors (Lipinski definition) is 3. The summed E-state index contributed by atoms with van der Waals surface area (Å²) in [6.45, 7) is 14.7. The zero-order chi connectivity index (χ0) is 15.2. The fourth-order valence-electron chi connectivity index (χ4n) is 2.97. The van der Waals surface area contributed by atoms with Crippen LogP contribution in [-0.2, 0) is 4.79 Å². The van der Waals surface area contributed by atoms with Crippen molar-refractivity contribution in [2.45, 2.75) is 72.0 Å². The topological polar surface area (TPSA) is 35.6 Å². The number of likely N-dealkylation sites (N-methyl/N-ethyl adjacent to an activating group) is 1. The molecule has 0 bridgehead atoms. The molecule has 1 N–H and O–H groups in total. The summed E-state index contributed by atoms with van der Waals surface area (Å²) < 4.78 is 0. The van der Waals surface area contributed by atoms with Crippen LogP contribution < -0.4 is 5.32 Å². The van der Waals surface area contributed by atoms with E-state index in [1.165, 1.54) is 6.42 Å². The second-order valence-corrected chi connectivity index (χ2v) is 6.07. The zero-order valence-corrected chi connectivity index (χ0v) is 14.0. The Morgan fingerprint density at radius 2 is 1.90 bits per heavy atom. The van der Waals surface area contributed by atoms with E-state index < -0.39 is 0 Å². The van der Waals surface area contributed by atoms with Crippen LogP contribution in [0.2, 0.25) is 0 Å². The molecule has 1 saturated heterocycles. The minimum atomic E-state index is -0.359. The Hall–Kier alpha value is -0.610. The molecule has 1 amide bonds. The molecule has 0 aromatic carbocycles. The predicted molar refractivity (Wildman–Crippen MR) is 84.6 cm³/mol. The molecule has 0 radical (unpaired) electrons. The van der Waals surface area contributed by atoms with Crippen LogP contribution in [-0.4, -0.2) is 53.6 Å². The lowest BCUT2D eigenvalue weighted by atomic mass is 9.99. The van der Waals surface area contributed by atoms with Gasteiger partial charge < -0.3 is 9.80 Å². The Morgan fingerprint density at radius 3 is 2.40 bits per heavy atom. The van der Waals surface area contributed by atoms with E-state index in [4.69, 9.17) is 0 Å². The minimum Gasteiger partial charge on any atom is -0.324 e. The van der Waals surface area contributed by atoms with Crippen molar-refractivity contribution < 1.29 is 4.79 Å². The quantitative estimate of drug-likeness (QED) is 0.706. The Balaban J connectivity index is 2.66. The molecule has 4 nitrogen and oxygen atoms in total. The Morgan fingerprint density at radius 1 is 1.20 bits per heavy atom. The average Bonchev–Trinajstić information content (AvgIpc) is 2.68. The summed E-state index contributed by atoms with van der Waals surface area (Å²) in [6.07, 6.45) is 4.40. The van der Waals surface area contributed by atoms with E-state index in [1.807, 2.05) is 6.92 Å². The molecule has 1 heterocycles. The Labute approximate surface area is 124 Å². The van der Waals surface area contributed by atoms with Crippen molar-refractivity contribution in [2.24, 2.45) is 0 Å². The van der Waals surface area contributed by atoms with Crippen molar-refractivity contribution in [1.29, 1.82) is 0 Å². The van der Waals surface area contributed by atoms with Crippen molar-refractivity contribution in [3.63, 3.8) is 0 Å². The van der Waals surface area contributed by atoms with Crippen LogP contribution in [0, 0.1) is 0 Å². The van der Waals surface area contributed by atoms with Crippen molar-refractivity contribution in [3.8, 4) is 0 Å². The second-order valence-electron chi connectivity index (χ2n) is 6.07. The van der Waals surface area contributed by atoms with Crippen molar-refractivity contribution in [3.05, 3.63) is 0 Å². The maximum absolute atomic E-state index is 12.6. The largest absolute Gasteiger partial charge is 0.324 e. The standard InChI is InChI=1S/C16H33N3O/c1-6-10-14-17-16(5,8-3)15(20)19(14)13-12-18(9-4)11-7-2/h14,17H,6-13H2,1-5H3. The van der Waals surface area contributed by atoms with Crippen LogP contribution in [0.3, 0.4) is 0 Å². The van der Waals surface area contributed by atoms with Crippen molar-refractivity contribution in [2.75, 3.05) is 26.2 Å². The fraction of sp³-hybridized carbons (Fsp3) is 0.938. The number of nitrogens with zero attached hydrogens (tertiary/aromatic N) is 2. The summed E-state index contributed by atoms with van der Waals surface area (Å²) in [7, 11) is 0. The molecular formula is C16H33N3O. The maximum Gasteiger partial charge on any atom is 0.243 e. The lowest BCUT2D eigenvalue weighted by Gasteiger charge is -2.27. The van der Waals surface area contributed by atoms with Crippen LogP contribution in [0.5, 0.6) is 0 Å². The lowest BCUT2D eigenvalue weighted by Crippen LogP contribution is -2.44. The Kier molecular flexibility index (Phi) is 6.96. The van der Waals surface area contributed by atoms with Crippen LogP contribution >= 0.6 is 0 Å². The third kappa shape index (κ3) is 3.95. The molecule has 2 unspecified atom stereocenters. The smallest absolute Gasteiger partial charge is 0.243 e. The number of rotatable bonds is 9. The van der Waals surface area contributed by atoms with Gasteiger partial charge in [-0.3, -0.25) is 10.1 Å². The highest BCUT2D eigenvalue weighted by Gasteiger charge is 2.45. The molecule has 0 saturated carbocycles. The van der Waals surface area contributed by atoms with Gasteiger partial charge in [-0.25, -0.2) is 0 Å². The summed E-state index contributed by atoms with van der Waals surface area (Å²) in [6, 6.07) is 0. The maximum atomic E-state index is 12.6. The van der Waals surface area contributed by atoms with Gasteiger partial charge in [0, 0.05) is 13.1 Å². The SMILES string of the molecule is CCCC1NC(C)(CC)C(=O)N1CCN(CC)CCC. The second kappa shape index (κ2) is 7.99. The van der Waals surface area contributed by atoms with Gasteiger partial charge in [-0.05, 0) is 39.3 Å². The predicted octanol–water partition coefficient (Wildman–Crippen LogP) is 2.45. The van der Waals surface area contributed by atoms with Crippen LogP contribution in [0.15, 0.2) is 0 Å². The normalized spacial score (nSPS) is 26.8. The molecule has 118 valence electrons. The first-order chi connectivity index (χ1) is 9.52. The summed E-state index contributed by atoms with van der Waals surface area (Å²) in [5.41, 5.74) is -0.359. The molecule has 0 aliphatic carbocycles. The lowest BCUT2D eigenvalue weighted by molar-refractivity contribution is -0.133. The van der Waals surface area contributed by atoms with Gasteiger partial charge in [0.25, 0.3) is 0 Å². The van der Waals surface area contributed by atoms with Gasteiger partial charge >= 0.3 is 0 Å². The molecule has 2 atom stereocenters. The van der Waals surface area contributed by atoms with Gasteiger partial charge in [-0.15, -0.1) is 0 Å².